The molecule has 100 valence electrons. The molecule has 0 radical (unpaired) electrons. The second kappa shape index (κ2) is 5.60. The van der Waals surface area contributed by atoms with Gasteiger partial charge in [0.25, 0.3) is 0 Å². The maximum Gasteiger partial charge on any atom is 0.0758 e. The Balaban J connectivity index is 2.04. The smallest absolute Gasteiger partial charge is 0.0758 e. The first kappa shape index (κ1) is 13.9. The zero-order chi connectivity index (χ0) is 13.2. The number of hydrogen-bond donors (Lipinski definition) is 1. The van der Waals surface area contributed by atoms with E-state index in [-0.39, 0.29) is 11.6 Å². The van der Waals surface area contributed by atoms with Crippen molar-refractivity contribution in [3.05, 3.63) is 34.9 Å². The lowest BCUT2D eigenvalue weighted by Gasteiger charge is -2.39. The molecule has 1 unspecified atom stereocenters. The van der Waals surface area contributed by atoms with Crippen molar-refractivity contribution in [2.45, 2.75) is 44.8 Å². The summed E-state index contributed by atoms with van der Waals surface area (Å²) in [6, 6.07) is 7.76. The van der Waals surface area contributed by atoms with E-state index < -0.39 is 0 Å². The van der Waals surface area contributed by atoms with Crippen LogP contribution >= 0.6 is 11.6 Å². The van der Waals surface area contributed by atoms with Gasteiger partial charge in [0.2, 0.25) is 0 Å². The zero-order valence-corrected chi connectivity index (χ0v) is 12.0. The van der Waals surface area contributed by atoms with E-state index in [1.807, 2.05) is 24.3 Å². The summed E-state index contributed by atoms with van der Waals surface area (Å²) in [5.74, 6) is 0. The van der Waals surface area contributed by atoms with Crippen molar-refractivity contribution >= 4 is 11.6 Å². The first-order valence-electron chi connectivity index (χ1n) is 6.68. The Morgan fingerprint density at radius 3 is 2.61 bits per heavy atom. The lowest BCUT2D eigenvalue weighted by Crippen LogP contribution is -2.51. The molecular formula is C15H22ClNO. The third-order valence-electron chi connectivity index (χ3n) is 4.05. The van der Waals surface area contributed by atoms with Crippen molar-refractivity contribution in [2.24, 2.45) is 0 Å². The molecule has 0 aromatic heterocycles. The van der Waals surface area contributed by atoms with E-state index in [2.05, 4.69) is 18.7 Å². The molecule has 1 N–H and O–H groups in total. The molecule has 1 atom stereocenters. The third-order valence-corrected chi connectivity index (χ3v) is 4.29. The quantitative estimate of drug-likeness (QED) is 0.906. The van der Waals surface area contributed by atoms with Gasteiger partial charge in [0, 0.05) is 17.0 Å². The monoisotopic (exact) mass is 267 g/mol. The van der Waals surface area contributed by atoms with Crippen molar-refractivity contribution in [3.63, 3.8) is 0 Å². The summed E-state index contributed by atoms with van der Waals surface area (Å²) in [7, 11) is 0. The van der Waals surface area contributed by atoms with Crippen LogP contribution in [-0.2, 0) is 6.42 Å². The van der Waals surface area contributed by atoms with Gasteiger partial charge in [0.05, 0.1) is 6.10 Å². The topological polar surface area (TPSA) is 23.5 Å². The molecular weight excluding hydrogens is 246 g/mol. The van der Waals surface area contributed by atoms with Crippen molar-refractivity contribution in [3.8, 4) is 0 Å². The fraction of sp³-hybridized carbons (Fsp3) is 0.600. The number of hydrogen-bond acceptors (Lipinski definition) is 2. The van der Waals surface area contributed by atoms with Crippen LogP contribution in [0.5, 0.6) is 0 Å². The van der Waals surface area contributed by atoms with E-state index in [1.54, 1.807) is 0 Å². The van der Waals surface area contributed by atoms with Gasteiger partial charge in [-0.15, -0.1) is 0 Å². The Morgan fingerprint density at radius 1 is 1.33 bits per heavy atom. The van der Waals surface area contributed by atoms with Crippen LogP contribution in [0.2, 0.25) is 5.02 Å². The fourth-order valence-electron chi connectivity index (χ4n) is 2.64. The summed E-state index contributed by atoms with van der Waals surface area (Å²) in [6.45, 7) is 6.46. The minimum Gasteiger partial charge on any atom is -0.391 e. The Labute approximate surface area is 115 Å². The molecule has 1 fully saturated rings. The Hall–Kier alpha value is -0.570. The first-order chi connectivity index (χ1) is 8.50. The van der Waals surface area contributed by atoms with Crippen molar-refractivity contribution in [1.29, 1.82) is 0 Å². The lowest BCUT2D eigenvalue weighted by molar-refractivity contribution is 0.00337. The van der Waals surface area contributed by atoms with Crippen LogP contribution in [0, 0.1) is 0 Å². The second-order valence-electron chi connectivity index (χ2n) is 5.70. The molecule has 18 heavy (non-hydrogen) atoms. The number of nitrogens with zero attached hydrogens (tertiary/aromatic N) is 1. The van der Waals surface area contributed by atoms with Gasteiger partial charge in [-0.05, 0) is 57.5 Å². The standard InChI is InChI=1S/C15H22ClNO/c1-15(2,17-8-3-4-9-17)14(18)11-12-6-5-7-13(16)10-12/h5-7,10,14,18H,3-4,8-9,11H2,1-2H3. The number of rotatable bonds is 4. The first-order valence-corrected chi connectivity index (χ1v) is 7.05. The molecule has 2 rings (SSSR count). The van der Waals surface area contributed by atoms with Crippen LogP contribution in [0.3, 0.4) is 0 Å². The molecule has 1 aliphatic rings. The zero-order valence-electron chi connectivity index (χ0n) is 11.2. The molecule has 0 aliphatic carbocycles. The molecule has 1 aliphatic heterocycles. The molecule has 0 spiro atoms. The fourth-order valence-corrected chi connectivity index (χ4v) is 2.85. The lowest BCUT2D eigenvalue weighted by atomic mass is 9.90. The molecule has 0 saturated carbocycles. The van der Waals surface area contributed by atoms with Gasteiger partial charge >= 0.3 is 0 Å². The predicted octanol–water partition coefficient (Wildman–Crippen LogP) is 3.12. The van der Waals surface area contributed by atoms with Crippen LogP contribution in [0.25, 0.3) is 0 Å². The van der Waals surface area contributed by atoms with Gasteiger partial charge in [-0.25, -0.2) is 0 Å². The van der Waals surface area contributed by atoms with Crippen LogP contribution in [0.1, 0.15) is 32.3 Å². The van der Waals surface area contributed by atoms with E-state index in [0.29, 0.717) is 6.42 Å². The van der Waals surface area contributed by atoms with Gasteiger partial charge in [0.15, 0.2) is 0 Å². The molecule has 0 amide bonds. The maximum atomic E-state index is 10.5. The molecule has 2 nitrogen and oxygen atoms in total. The Kier molecular flexibility index (Phi) is 4.31. The Bertz CT molecular complexity index is 399. The highest BCUT2D eigenvalue weighted by molar-refractivity contribution is 6.30. The highest BCUT2D eigenvalue weighted by Crippen LogP contribution is 2.26. The summed E-state index contributed by atoms with van der Waals surface area (Å²) >= 11 is 5.98. The van der Waals surface area contributed by atoms with Crippen LogP contribution in [0.4, 0.5) is 0 Å². The molecule has 3 heteroatoms. The average Bonchev–Trinajstić information content (AvgIpc) is 2.82. The van der Waals surface area contributed by atoms with Gasteiger partial charge in [-0.2, -0.15) is 0 Å². The number of halogens is 1. The highest BCUT2D eigenvalue weighted by atomic mass is 35.5. The molecule has 0 bridgehead atoms. The second-order valence-corrected chi connectivity index (χ2v) is 6.13. The predicted molar refractivity (Wildman–Crippen MR) is 76.0 cm³/mol. The normalized spacial score (nSPS) is 19.1. The van der Waals surface area contributed by atoms with Crippen molar-refractivity contribution in [1.82, 2.24) is 4.90 Å². The number of benzene rings is 1. The maximum absolute atomic E-state index is 10.5. The van der Waals surface area contributed by atoms with Crippen molar-refractivity contribution < 1.29 is 5.11 Å². The van der Waals surface area contributed by atoms with Crippen molar-refractivity contribution in [2.75, 3.05) is 13.1 Å². The molecule has 1 aromatic rings. The summed E-state index contributed by atoms with van der Waals surface area (Å²) in [4.78, 5) is 2.39. The number of aliphatic hydroxyl groups is 1. The van der Waals surface area contributed by atoms with Crippen LogP contribution < -0.4 is 0 Å². The van der Waals surface area contributed by atoms with Gasteiger partial charge in [0.1, 0.15) is 0 Å². The summed E-state index contributed by atoms with van der Waals surface area (Å²) in [6.07, 6.45) is 2.78. The molecule has 1 aromatic carbocycles. The average molecular weight is 268 g/mol. The highest BCUT2D eigenvalue weighted by Gasteiger charge is 2.35. The SMILES string of the molecule is CC(C)(C(O)Cc1cccc(Cl)c1)N1CCCC1. The van der Waals surface area contributed by atoms with E-state index >= 15 is 0 Å². The minimum atomic E-state index is -0.367. The largest absolute Gasteiger partial charge is 0.391 e. The summed E-state index contributed by atoms with van der Waals surface area (Å²) in [5.41, 5.74) is 0.931. The van der Waals surface area contributed by atoms with Crippen LogP contribution in [0.15, 0.2) is 24.3 Å². The summed E-state index contributed by atoms with van der Waals surface area (Å²) in [5, 5.41) is 11.2. The number of likely N-dealkylation sites (tertiary alicyclic amines) is 1. The molecule has 1 heterocycles. The van der Waals surface area contributed by atoms with Gasteiger partial charge < -0.3 is 5.11 Å². The minimum absolute atomic E-state index is 0.168. The molecule has 1 saturated heterocycles. The van der Waals surface area contributed by atoms with Gasteiger partial charge in [-0.3, -0.25) is 4.90 Å². The summed E-state index contributed by atoms with van der Waals surface area (Å²) < 4.78 is 0. The number of aliphatic hydroxyl groups excluding tert-OH is 1. The van der Waals surface area contributed by atoms with E-state index in [0.717, 1.165) is 23.7 Å². The van der Waals surface area contributed by atoms with E-state index in [1.165, 1.54) is 12.8 Å². The van der Waals surface area contributed by atoms with E-state index in [9.17, 15) is 5.11 Å². The van der Waals surface area contributed by atoms with Gasteiger partial charge in [-0.1, -0.05) is 23.7 Å². The van der Waals surface area contributed by atoms with Crippen LogP contribution in [-0.4, -0.2) is 34.7 Å². The van der Waals surface area contributed by atoms with E-state index in [4.69, 9.17) is 11.6 Å². The third kappa shape index (κ3) is 3.05. The Morgan fingerprint density at radius 2 is 2.00 bits per heavy atom.